The van der Waals surface area contributed by atoms with E-state index in [0.717, 1.165) is 31.2 Å². The number of rotatable bonds is 9. The molecule has 0 N–H and O–H groups in total. The van der Waals surface area contributed by atoms with E-state index in [1.807, 2.05) is 18.2 Å². The Morgan fingerprint density at radius 1 is 1.10 bits per heavy atom. The maximum absolute atomic E-state index is 14.4. The van der Waals surface area contributed by atoms with Crippen LogP contribution in [0.25, 0.3) is 11.1 Å². The summed E-state index contributed by atoms with van der Waals surface area (Å²) in [6.07, 6.45) is 6.28. The molecule has 156 valence electrons. The summed E-state index contributed by atoms with van der Waals surface area (Å²) in [5.41, 5.74) is 1.80. The van der Waals surface area contributed by atoms with Crippen molar-refractivity contribution in [2.24, 2.45) is 0 Å². The summed E-state index contributed by atoms with van der Waals surface area (Å²) in [6, 6.07) is 10.3. The van der Waals surface area contributed by atoms with Gasteiger partial charge in [0.05, 0.1) is 32.0 Å². The fourth-order valence-corrected chi connectivity index (χ4v) is 3.46. The second-order valence-electron chi connectivity index (χ2n) is 7.20. The fraction of sp³-hybridized carbons (Fsp3) is 0.417. The van der Waals surface area contributed by atoms with Crippen molar-refractivity contribution in [3.63, 3.8) is 0 Å². The van der Waals surface area contributed by atoms with Crippen LogP contribution >= 0.6 is 0 Å². The normalized spacial score (nSPS) is 19.1. The molecule has 2 unspecified atom stereocenters. The summed E-state index contributed by atoms with van der Waals surface area (Å²) in [7, 11) is 0. The highest BCUT2D eigenvalue weighted by Crippen LogP contribution is 2.30. The summed E-state index contributed by atoms with van der Waals surface area (Å²) in [4.78, 5) is 0. The lowest BCUT2D eigenvalue weighted by Crippen LogP contribution is -2.31. The van der Waals surface area contributed by atoms with Gasteiger partial charge in [-0.25, -0.2) is 4.39 Å². The van der Waals surface area contributed by atoms with Crippen molar-refractivity contribution >= 4 is 0 Å². The van der Waals surface area contributed by atoms with Crippen LogP contribution in [0.4, 0.5) is 8.78 Å². The molecule has 1 aliphatic rings. The zero-order valence-corrected chi connectivity index (χ0v) is 16.8. The smallest absolute Gasteiger partial charge is 0.201 e. The Bertz CT molecular complexity index is 797. The Morgan fingerprint density at radius 2 is 1.90 bits per heavy atom. The number of halogens is 2. The Morgan fingerprint density at radius 3 is 2.55 bits per heavy atom. The first-order valence-corrected chi connectivity index (χ1v) is 10.2. The van der Waals surface area contributed by atoms with Crippen LogP contribution in [0.3, 0.4) is 0 Å². The Balaban J connectivity index is 1.55. The predicted octanol–water partition coefficient (Wildman–Crippen LogP) is 6.06. The second kappa shape index (κ2) is 10.5. The molecule has 3 nitrogen and oxygen atoms in total. The van der Waals surface area contributed by atoms with Gasteiger partial charge >= 0.3 is 0 Å². The molecule has 1 heterocycles. The molecule has 0 bridgehead atoms. The van der Waals surface area contributed by atoms with Gasteiger partial charge < -0.3 is 14.2 Å². The van der Waals surface area contributed by atoms with Gasteiger partial charge in [-0.2, -0.15) is 4.39 Å². The molecule has 0 spiro atoms. The zero-order chi connectivity index (χ0) is 20.6. The minimum Gasteiger partial charge on any atom is -0.491 e. The minimum absolute atomic E-state index is 0.0693. The quantitative estimate of drug-likeness (QED) is 0.477. The summed E-state index contributed by atoms with van der Waals surface area (Å²) >= 11 is 0. The van der Waals surface area contributed by atoms with Gasteiger partial charge in [0.2, 0.25) is 5.82 Å². The molecule has 0 saturated carbocycles. The summed E-state index contributed by atoms with van der Waals surface area (Å²) < 4.78 is 45.4. The first-order valence-electron chi connectivity index (χ1n) is 10.2. The predicted molar refractivity (Wildman–Crippen MR) is 110 cm³/mol. The number of allylic oxidation sites excluding steroid dienone is 1. The third-order valence-electron chi connectivity index (χ3n) is 5.12. The maximum atomic E-state index is 14.4. The van der Waals surface area contributed by atoms with Crippen molar-refractivity contribution < 1.29 is 23.0 Å². The standard InChI is InChI=1S/C24H28F2O3/c1-3-5-6-19-11-12-20(16-29-19)28-15-17-7-9-18(10-8-17)21-13-14-22(27-4-2)24(26)23(21)25/h3,7-10,13-14,19-20H,1,4-6,11-12,15-16H2,2H3. The first-order chi connectivity index (χ1) is 14.1. The van der Waals surface area contributed by atoms with Crippen LogP contribution in [0.2, 0.25) is 0 Å². The molecule has 1 aliphatic heterocycles. The van der Waals surface area contributed by atoms with E-state index < -0.39 is 11.6 Å². The van der Waals surface area contributed by atoms with Crippen molar-refractivity contribution in [1.82, 2.24) is 0 Å². The maximum Gasteiger partial charge on any atom is 0.201 e. The van der Waals surface area contributed by atoms with Gasteiger partial charge in [0.15, 0.2) is 11.6 Å². The van der Waals surface area contributed by atoms with Crippen LogP contribution < -0.4 is 4.74 Å². The molecule has 1 fully saturated rings. The number of hydrogen-bond acceptors (Lipinski definition) is 3. The molecule has 2 aromatic rings. The average Bonchev–Trinajstić information content (AvgIpc) is 2.75. The van der Waals surface area contributed by atoms with E-state index in [-0.39, 0.29) is 24.0 Å². The van der Waals surface area contributed by atoms with Crippen molar-refractivity contribution in [3.8, 4) is 16.9 Å². The third kappa shape index (κ3) is 5.64. The molecule has 2 aromatic carbocycles. The van der Waals surface area contributed by atoms with Crippen LogP contribution in [-0.2, 0) is 16.1 Å². The van der Waals surface area contributed by atoms with E-state index in [1.54, 1.807) is 19.1 Å². The Labute approximate surface area is 171 Å². The first kappa shape index (κ1) is 21.5. The van der Waals surface area contributed by atoms with E-state index in [1.165, 1.54) is 12.1 Å². The molecule has 0 aromatic heterocycles. The van der Waals surface area contributed by atoms with Gasteiger partial charge in [-0.3, -0.25) is 0 Å². The van der Waals surface area contributed by atoms with Crippen LogP contribution in [0.1, 0.15) is 38.2 Å². The molecular formula is C24H28F2O3. The van der Waals surface area contributed by atoms with Gasteiger partial charge in [0.25, 0.3) is 0 Å². The van der Waals surface area contributed by atoms with Crippen molar-refractivity contribution in [2.45, 2.75) is 51.4 Å². The number of ether oxygens (including phenoxy) is 3. The van der Waals surface area contributed by atoms with Crippen LogP contribution in [-0.4, -0.2) is 25.4 Å². The van der Waals surface area contributed by atoms with E-state index in [9.17, 15) is 8.78 Å². The van der Waals surface area contributed by atoms with Crippen LogP contribution in [0.15, 0.2) is 49.1 Å². The van der Waals surface area contributed by atoms with Crippen LogP contribution in [0, 0.1) is 11.6 Å². The van der Waals surface area contributed by atoms with E-state index in [4.69, 9.17) is 14.2 Å². The fourth-order valence-electron chi connectivity index (χ4n) is 3.46. The summed E-state index contributed by atoms with van der Waals surface area (Å²) in [5, 5.41) is 0. The topological polar surface area (TPSA) is 27.7 Å². The molecule has 1 saturated heterocycles. The summed E-state index contributed by atoms with van der Waals surface area (Å²) in [6.45, 7) is 6.83. The monoisotopic (exact) mass is 402 g/mol. The molecule has 5 heteroatoms. The van der Waals surface area contributed by atoms with Crippen molar-refractivity contribution in [1.29, 1.82) is 0 Å². The molecular weight excluding hydrogens is 374 g/mol. The van der Waals surface area contributed by atoms with Crippen LogP contribution in [0.5, 0.6) is 5.75 Å². The highest BCUT2D eigenvalue weighted by atomic mass is 19.2. The highest BCUT2D eigenvalue weighted by Gasteiger charge is 2.21. The zero-order valence-electron chi connectivity index (χ0n) is 16.8. The second-order valence-corrected chi connectivity index (χ2v) is 7.20. The lowest BCUT2D eigenvalue weighted by atomic mass is 10.0. The molecule has 2 atom stereocenters. The van der Waals surface area contributed by atoms with Gasteiger partial charge in [-0.1, -0.05) is 30.3 Å². The molecule has 0 amide bonds. The Hall–Kier alpha value is -2.24. The Kier molecular flexibility index (Phi) is 7.78. The van der Waals surface area contributed by atoms with Gasteiger partial charge in [0.1, 0.15) is 0 Å². The van der Waals surface area contributed by atoms with E-state index >= 15 is 0 Å². The molecule has 3 rings (SSSR count). The highest BCUT2D eigenvalue weighted by molar-refractivity contribution is 5.65. The lowest BCUT2D eigenvalue weighted by Gasteiger charge is -2.29. The van der Waals surface area contributed by atoms with Gasteiger partial charge in [0, 0.05) is 5.56 Å². The number of benzene rings is 2. The molecule has 0 radical (unpaired) electrons. The van der Waals surface area contributed by atoms with Crippen molar-refractivity contribution in [3.05, 3.63) is 66.3 Å². The molecule has 29 heavy (non-hydrogen) atoms. The van der Waals surface area contributed by atoms with Crippen molar-refractivity contribution in [2.75, 3.05) is 13.2 Å². The van der Waals surface area contributed by atoms with Gasteiger partial charge in [-0.05, 0) is 55.9 Å². The van der Waals surface area contributed by atoms with E-state index in [0.29, 0.717) is 24.9 Å². The third-order valence-corrected chi connectivity index (χ3v) is 5.12. The molecule has 0 aliphatic carbocycles. The van der Waals surface area contributed by atoms with Gasteiger partial charge in [-0.15, -0.1) is 6.58 Å². The average molecular weight is 402 g/mol. The SMILES string of the molecule is C=CCCC1CCC(OCc2ccc(-c3ccc(OCC)c(F)c3F)cc2)CO1. The van der Waals surface area contributed by atoms with E-state index in [2.05, 4.69) is 6.58 Å². The largest absolute Gasteiger partial charge is 0.491 e. The minimum atomic E-state index is -0.958. The summed E-state index contributed by atoms with van der Waals surface area (Å²) in [5.74, 6) is -1.93. The lowest BCUT2D eigenvalue weighted by molar-refractivity contribution is -0.0920. The number of hydrogen-bond donors (Lipinski definition) is 0.